The van der Waals surface area contributed by atoms with Crippen molar-refractivity contribution in [2.75, 3.05) is 0 Å². The Balaban J connectivity index is 0.000000596. The number of hydrogen-bond donors (Lipinski definition) is 0. The van der Waals surface area contributed by atoms with Crippen LogP contribution in [0.25, 0.3) is 0 Å². The van der Waals surface area contributed by atoms with Crippen LogP contribution in [0.15, 0.2) is 279 Å². The summed E-state index contributed by atoms with van der Waals surface area (Å²) in [6.07, 6.45) is 0. The Kier molecular flexibility index (Phi) is 48.7. The third kappa shape index (κ3) is 45.1. The first-order chi connectivity index (χ1) is 51.8. The van der Waals surface area contributed by atoms with Crippen LogP contribution in [-0.2, 0) is 0 Å². The minimum Gasteiger partial charge on any atom is -0.207 e. The highest BCUT2D eigenvalue weighted by molar-refractivity contribution is 6.31. The summed E-state index contributed by atoms with van der Waals surface area (Å²) >= 11 is 16.8. The highest BCUT2D eigenvalue weighted by Crippen LogP contribution is 2.17. The first kappa shape index (κ1) is 98.0. The van der Waals surface area contributed by atoms with Crippen molar-refractivity contribution in [1.29, 1.82) is 0 Å². The third-order valence-electron chi connectivity index (χ3n) is 15.8. The van der Waals surface area contributed by atoms with Crippen molar-refractivity contribution >= 4 is 34.8 Å². The molecule has 13 aromatic rings. The smallest absolute Gasteiger partial charge is 0.129 e. The molecule has 13 heteroatoms. The zero-order valence-corrected chi connectivity index (χ0v) is 68.7. The average molecular weight is 1570 g/mol. The van der Waals surface area contributed by atoms with Gasteiger partial charge in [0.2, 0.25) is 0 Å². The Hall–Kier alpha value is -9.97. The fourth-order valence-electron chi connectivity index (χ4n) is 8.06. The molecule has 0 unspecified atom stereocenters. The van der Waals surface area contributed by atoms with Gasteiger partial charge in [-0.3, -0.25) is 0 Å². The molecule has 0 aromatic heterocycles. The monoisotopic (exact) mass is 1560 g/mol. The minimum atomic E-state index is -0.530. The van der Waals surface area contributed by atoms with E-state index in [0.29, 0.717) is 27.3 Å². The molecule has 110 heavy (non-hydrogen) atoms. The molecule has 0 N–H and O–H groups in total. The Morgan fingerprint density at radius 3 is 0.773 bits per heavy atom. The topological polar surface area (TPSA) is 0 Å². The Bertz CT molecular complexity index is 4100. The second kappa shape index (κ2) is 54.6. The standard InChI is InChI=1S/C9H12.3C8H9F.C8H10.C7H6ClF.2C7H7Cl.2C7H6F2.2C7H7F.C7H8/c1-7-4-5-8(2)9(3)6-7;1-6-3-4-8(9)5-7(6)2;1-6-3-4-7(2)8(9)5-6;1-6-4-3-5-8(9)7(6)2;1-7-3-5-8(2)6-4-7;1-5-2-3-6(8)4-7(5)9;1-6-2-4-7(8)5-3-6;1-6-4-2-3-5-7(6)8;1-5-2-3-6(8)4-7(5)9;1-5-6(8)3-2-4-7(5)9;1-6-2-4-7(8)5-3-6;1-6-4-2-3-5-7(6)8;1-7-5-3-2-4-6-7/h4-6H,1-3H3;3*3-5H,1-2H3;3-6H,1-2H3;2-4H,1H3;2*2-5H,1H3;2*2-4H,1H3;2*2-5H,1H3;2-6H,1H3. The van der Waals surface area contributed by atoms with Gasteiger partial charge in [-0.15, -0.1) is 0 Å². The number of aryl methyl sites for hydroxylation is 17. The zero-order valence-electron chi connectivity index (χ0n) is 66.5. The molecular formula is C97H103Cl3F10. The van der Waals surface area contributed by atoms with E-state index < -0.39 is 23.3 Å². The SMILES string of the molecule is Cc1c(F)cccc1F.Cc1ccc(C)c(C)c1.Cc1ccc(C)c(F)c1.Cc1ccc(C)cc1.Cc1ccc(Cl)cc1.Cc1ccc(Cl)cc1F.Cc1ccc(F)cc1.Cc1ccc(F)cc1C.Cc1ccc(F)cc1F.Cc1cccc(F)c1C.Cc1ccccc1.Cc1ccccc1Cl.Cc1ccccc1F. The van der Waals surface area contributed by atoms with Crippen molar-refractivity contribution in [3.05, 3.63) is 458 Å². The molecule has 13 rings (SSSR count). The highest BCUT2D eigenvalue weighted by atomic mass is 35.5. The lowest BCUT2D eigenvalue weighted by molar-refractivity contribution is 0.568. The van der Waals surface area contributed by atoms with Gasteiger partial charge in [-0.2, -0.15) is 0 Å². The van der Waals surface area contributed by atoms with Gasteiger partial charge in [0.15, 0.2) is 0 Å². The third-order valence-corrected chi connectivity index (χ3v) is 16.7. The van der Waals surface area contributed by atoms with Crippen LogP contribution in [0.4, 0.5) is 43.9 Å². The first-order valence-electron chi connectivity index (χ1n) is 35.2. The number of hydrogen-bond acceptors (Lipinski definition) is 0. The Morgan fingerprint density at radius 1 is 0.164 bits per heavy atom. The number of halogens is 13. The summed E-state index contributed by atoms with van der Waals surface area (Å²) in [6.45, 7) is 36.3. The lowest BCUT2D eigenvalue weighted by Gasteiger charge is -1.98. The molecule has 0 nitrogen and oxygen atoms in total. The van der Waals surface area contributed by atoms with Gasteiger partial charge < -0.3 is 0 Å². The summed E-state index contributed by atoms with van der Waals surface area (Å²) < 4.78 is 124. The van der Waals surface area contributed by atoms with Crippen molar-refractivity contribution in [2.45, 2.75) is 132 Å². The molecule has 0 atom stereocenters. The molecule has 0 radical (unpaired) electrons. The normalized spacial score (nSPS) is 9.45. The maximum absolute atomic E-state index is 12.6. The van der Waals surface area contributed by atoms with Crippen molar-refractivity contribution in [2.24, 2.45) is 0 Å². The number of benzene rings is 13. The zero-order chi connectivity index (χ0) is 83.0. The summed E-state index contributed by atoms with van der Waals surface area (Å²) in [6, 6.07) is 80.9. The summed E-state index contributed by atoms with van der Waals surface area (Å²) in [4.78, 5) is 0. The van der Waals surface area contributed by atoms with Crippen LogP contribution >= 0.6 is 34.8 Å². The van der Waals surface area contributed by atoms with Gasteiger partial charge in [0, 0.05) is 26.7 Å². The van der Waals surface area contributed by atoms with Gasteiger partial charge in [-0.1, -0.05) is 250 Å². The molecular weight excluding hydrogens is 1460 g/mol. The lowest BCUT2D eigenvalue weighted by Crippen LogP contribution is -1.85. The Morgan fingerprint density at radius 2 is 0.464 bits per heavy atom. The average Bonchev–Trinajstić information content (AvgIpc) is 0.945. The van der Waals surface area contributed by atoms with Crippen molar-refractivity contribution in [3.63, 3.8) is 0 Å². The molecule has 582 valence electrons. The molecule has 0 aliphatic heterocycles. The minimum absolute atomic E-state index is 0.0810. The first-order valence-corrected chi connectivity index (χ1v) is 36.3. The van der Waals surface area contributed by atoms with Crippen LogP contribution in [0.1, 0.15) is 106 Å². The second-order valence-electron chi connectivity index (χ2n) is 25.8. The molecule has 0 aliphatic carbocycles. The van der Waals surface area contributed by atoms with Gasteiger partial charge in [0.05, 0.1) is 0 Å². The molecule has 0 heterocycles. The van der Waals surface area contributed by atoms with E-state index in [-0.39, 0.29) is 40.5 Å². The molecule has 0 saturated heterocycles. The largest absolute Gasteiger partial charge is 0.207 e. The van der Waals surface area contributed by atoms with Crippen LogP contribution in [0, 0.1) is 190 Å². The molecule has 0 saturated carbocycles. The summed E-state index contributed by atoms with van der Waals surface area (Å²) in [7, 11) is 0. The fourth-order valence-corrected chi connectivity index (χ4v) is 8.49. The highest BCUT2D eigenvalue weighted by Gasteiger charge is 2.02. The fraction of sp³-hybridized carbons (Fsp3) is 0.196. The van der Waals surface area contributed by atoms with E-state index >= 15 is 0 Å². The van der Waals surface area contributed by atoms with E-state index in [1.165, 1.54) is 125 Å². The molecule has 0 fully saturated rings. The quantitative estimate of drug-likeness (QED) is 0.133. The maximum Gasteiger partial charge on any atom is 0.129 e. The van der Waals surface area contributed by atoms with E-state index in [4.69, 9.17) is 34.8 Å². The number of rotatable bonds is 0. The van der Waals surface area contributed by atoms with E-state index in [0.717, 1.165) is 55.1 Å². The van der Waals surface area contributed by atoms with Gasteiger partial charge >= 0.3 is 0 Å². The summed E-state index contributed by atoms with van der Waals surface area (Å²) in [5, 5.41) is 2.08. The van der Waals surface area contributed by atoms with E-state index in [1.807, 2.05) is 133 Å². The molecule has 13 aromatic carbocycles. The van der Waals surface area contributed by atoms with Gasteiger partial charge in [0.1, 0.15) is 58.2 Å². The predicted molar refractivity (Wildman–Crippen MR) is 448 cm³/mol. The molecule has 0 spiro atoms. The summed E-state index contributed by atoms with van der Waals surface area (Å²) in [5.41, 5.74) is 19.0. The van der Waals surface area contributed by atoms with Crippen LogP contribution in [0.2, 0.25) is 15.1 Å². The van der Waals surface area contributed by atoms with Crippen LogP contribution in [0.3, 0.4) is 0 Å². The van der Waals surface area contributed by atoms with Crippen molar-refractivity contribution < 1.29 is 43.9 Å². The summed E-state index contributed by atoms with van der Waals surface area (Å²) in [5.74, 6) is -2.94. The second-order valence-corrected chi connectivity index (χ2v) is 27.1. The van der Waals surface area contributed by atoms with Crippen molar-refractivity contribution in [3.8, 4) is 0 Å². The van der Waals surface area contributed by atoms with Crippen LogP contribution in [-0.4, -0.2) is 0 Å². The lowest BCUT2D eigenvalue weighted by atomic mass is 10.1. The molecule has 0 aliphatic rings. The Labute approximate surface area is 664 Å². The maximum atomic E-state index is 12.6. The van der Waals surface area contributed by atoms with Gasteiger partial charge in [-0.25, -0.2) is 43.9 Å². The van der Waals surface area contributed by atoms with E-state index in [1.54, 1.807) is 89.2 Å². The van der Waals surface area contributed by atoms with Gasteiger partial charge in [0.25, 0.3) is 0 Å². The predicted octanol–water partition coefficient (Wildman–Crippen LogP) is 31.1. The molecule has 0 bridgehead atoms. The van der Waals surface area contributed by atoms with Crippen LogP contribution in [0.5, 0.6) is 0 Å². The van der Waals surface area contributed by atoms with E-state index in [9.17, 15) is 43.9 Å². The van der Waals surface area contributed by atoms with Crippen molar-refractivity contribution in [1.82, 2.24) is 0 Å². The van der Waals surface area contributed by atoms with E-state index in [2.05, 4.69) is 96.1 Å². The molecule has 0 amide bonds. The van der Waals surface area contributed by atoms with Gasteiger partial charge in [-0.05, 0) is 289 Å². The van der Waals surface area contributed by atoms with Crippen LogP contribution < -0.4 is 0 Å².